The lowest BCUT2D eigenvalue weighted by Gasteiger charge is -2.17. The third-order valence-electron chi connectivity index (χ3n) is 5.48. The normalized spacial score (nSPS) is 11.9. The second-order valence-corrected chi connectivity index (χ2v) is 7.99. The number of hydrogen-bond donors (Lipinski definition) is 2. The summed E-state index contributed by atoms with van der Waals surface area (Å²) in [7, 11) is 0. The molecule has 0 spiro atoms. The molecule has 4 aromatic rings. The third kappa shape index (κ3) is 2.96. The van der Waals surface area contributed by atoms with Gasteiger partial charge in [0, 0.05) is 0 Å². The van der Waals surface area contributed by atoms with Crippen molar-refractivity contribution in [2.45, 2.75) is 6.42 Å². The molecule has 2 N–H and O–H groups in total. The summed E-state index contributed by atoms with van der Waals surface area (Å²) in [5.41, 5.74) is 8.84. The number of aromatic hydroxyl groups is 2. The van der Waals surface area contributed by atoms with Crippen molar-refractivity contribution in [3.05, 3.63) is 94.0 Å². The van der Waals surface area contributed by atoms with E-state index < -0.39 is 0 Å². The predicted molar refractivity (Wildman–Crippen MR) is 119 cm³/mol. The first-order valence-electron chi connectivity index (χ1n) is 9.25. The Morgan fingerprint density at radius 3 is 1.97 bits per heavy atom. The molecule has 0 unspecified atom stereocenters. The number of halogens is 2. The summed E-state index contributed by atoms with van der Waals surface area (Å²) < 4.78 is 0. The number of hydrogen-bond acceptors (Lipinski definition) is 2. The van der Waals surface area contributed by atoms with Gasteiger partial charge in [0.2, 0.25) is 0 Å². The van der Waals surface area contributed by atoms with Gasteiger partial charge in [-0.05, 0) is 75.2 Å². The zero-order valence-corrected chi connectivity index (χ0v) is 16.8. The largest absolute Gasteiger partial charge is 0.506 e. The summed E-state index contributed by atoms with van der Waals surface area (Å²) in [5, 5.41) is 20.4. The van der Waals surface area contributed by atoms with Crippen LogP contribution in [0, 0.1) is 0 Å². The average molecular weight is 419 g/mol. The molecular weight excluding hydrogens is 403 g/mol. The van der Waals surface area contributed by atoms with Crippen LogP contribution >= 0.6 is 23.2 Å². The lowest BCUT2D eigenvalue weighted by atomic mass is 9.88. The molecule has 1 aliphatic rings. The fraction of sp³-hybridized carbons (Fsp3) is 0.0400. The van der Waals surface area contributed by atoms with Gasteiger partial charge in [-0.1, -0.05) is 71.7 Å². The van der Waals surface area contributed by atoms with Gasteiger partial charge in [0.1, 0.15) is 11.5 Å². The highest BCUT2D eigenvalue weighted by Gasteiger charge is 2.24. The minimum atomic E-state index is 0.0539. The van der Waals surface area contributed by atoms with Crippen molar-refractivity contribution in [2.24, 2.45) is 0 Å². The fourth-order valence-corrected chi connectivity index (χ4v) is 4.48. The van der Waals surface area contributed by atoms with E-state index in [-0.39, 0.29) is 11.5 Å². The second-order valence-electron chi connectivity index (χ2n) is 7.18. The molecule has 0 saturated carbocycles. The van der Waals surface area contributed by atoms with Crippen LogP contribution < -0.4 is 0 Å². The van der Waals surface area contributed by atoms with Crippen molar-refractivity contribution in [1.29, 1.82) is 0 Å². The summed E-state index contributed by atoms with van der Waals surface area (Å²) >= 11 is 12.4. The van der Waals surface area contributed by atoms with Crippen LogP contribution in [0.2, 0.25) is 10.0 Å². The SMILES string of the molecule is Oc1ccc(-c2ccc3c(c2-c2ccc(O)c(Cl)c2)Cc2ccccc2-3)cc1Cl. The number of fused-ring (bicyclic) bond motifs is 3. The highest BCUT2D eigenvalue weighted by atomic mass is 35.5. The molecule has 5 rings (SSSR count). The third-order valence-corrected chi connectivity index (χ3v) is 6.09. The molecular formula is C25H16Cl2O2. The quantitative estimate of drug-likeness (QED) is 0.315. The van der Waals surface area contributed by atoms with Crippen LogP contribution in [0.3, 0.4) is 0 Å². The Kier molecular flexibility index (Phi) is 4.27. The van der Waals surface area contributed by atoms with Crippen molar-refractivity contribution in [1.82, 2.24) is 0 Å². The van der Waals surface area contributed by atoms with Crippen LogP contribution in [0.15, 0.2) is 72.8 Å². The van der Waals surface area contributed by atoms with Crippen molar-refractivity contribution in [2.75, 3.05) is 0 Å². The molecule has 0 amide bonds. The summed E-state index contributed by atoms with van der Waals surface area (Å²) in [6, 6.07) is 23.2. The van der Waals surface area contributed by atoms with Crippen molar-refractivity contribution in [3.63, 3.8) is 0 Å². The molecule has 0 aliphatic heterocycles. The first kappa shape index (κ1) is 18.1. The van der Waals surface area contributed by atoms with E-state index in [2.05, 4.69) is 36.4 Å². The summed E-state index contributed by atoms with van der Waals surface area (Å²) in [6.07, 6.45) is 0.818. The Hall–Kier alpha value is -2.94. The summed E-state index contributed by atoms with van der Waals surface area (Å²) in [4.78, 5) is 0. The van der Waals surface area contributed by atoms with Gasteiger partial charge in [0.25, 0.3) is 0 Å². The fourth-order valence-electron chi connectivity index (χ4n) is 4.12. The van der Waals surface area contributed by atoms with Gasteiger partial charge in [-0.2, -0.15) is 0 Å². The topological polar surface area (TPSA) is 40.5 Å². The van der Waals surface area contributed by atoms with Crippen molar-refractivity contribution < 1.29 is 10.2 Å². The highest BCUT2D eigenvalue weighted by molar-refractivity contribution is 6.32. The van der Waals surface area contributed by atoms with Gasteiger partial charge >= 0.3 is 0 Å². The van der Waals surface area contributed by atoms with E-state index >= 15 is 0 Å². The standard InChI is InChI=1S/C25H16Cl2O2/c26-21-12-15(5-9-23(21)28)18-7-8-19-17-4-2-1-3-14(17)11-20(19)25(18)16-6-10-24(29)22(27)13-16/h1-10,12-13,28-29H,11H2. The molecule has 142 valence electrons. The summed E-state index contributed by atoms with van der Waals surface area (Å²) in [5.74, 6) is 0.110. The number of benzene rings is 4. The lowest BCUT2D eigenvalue weighted by molar-refractivity contribution is 0.475. The zero-order chi connectivity index (χ0) is 20.1. The van der Waals surface area contributed by atoms with Gasteiger partial charge in [-0.3, -0.25) is 0 Å². The average Bonchev–Trinajstić information content (AvgIpc) is 3.10. The Morgan fingerprint density at radius 1 is 0.621 bits per heavy atom. The van der Waals surface area contributed by atoms with E-state index in [4.69, 9.17) is 23.2 Å². The molecule has 4 aromatic carbocycles. The van der Waals surface area contributed by atoms with Gasteiger partial charge in [-0.25, -0.2) is 0 Å². The molecule has 1 aliphatic carbocycles. The second kappa shape index (κ2) is 6.84. The molecule has 0 atom stereocenters. The number of rotatable bonds is 2. The maximum absolute atomic E-state index is 9.90. The number of phenols is 2. The zero-order valence-electron chi connectivity index (χ0n) is 15.3. The Bertz CT molecular complexity index is 1280. The maximum Gasteiger partial charge on any atom is 0.134 e. The first-order chi connectivity index (χ1) is 14.0. The van der Waals surface area contributed by atoms with Gasteiger partial charge in [0.15, 0.2) is 0 Å². The molecule has 0 radical (unpaired) electrons. The van der Waals surface area contributed by atoms with Crippen LogP contribution in [-0.2, 0) is 6.42 Å². The smallest absolute Gasteiger partial charge is 0.134 e. The molecule has 29 heavy (non-hydrogen) atoms. The maximum atomic E-state index is 9.90. The van der Waals surface area contributed by atoms with Crippen molar-refractivity contribution in [3.8, 4) is 44.9 Å². The Morgan fingerprint density at radius 2 is 1.24 bits per heavy atom. The van der Waals surface area contributed by atoms with E-state index in [1.165, 1.54) is 22.3 Å². The monoisotopic (exact) mass is 418 g/mol. The van der Waals surface area contributed by atoms with Crippen LogP contribution in [0.5, 0.6) is 11.5 Å². The first-order valence-corrected chi connectivity index (χ1v) is 10.0. The van der Waals surface area contributed by atoms with E-state index in [0.29, 0.717) is 10.0 Å². The van der Waals surface area contributed by atoms with Crippen molar-refractivity contribution >= 4 is 23.2 Å². The molecule has 0 fully saturated rings. The molecule has 4 heteroatoms. The molecule has 0 aromatic heterocycles. The lowest BCUT2D eigenvalue weighted by Crippen LogP contribution is -1.93. The van der Waals surface area contributed by atoms with Crippen LogP contribution in [0.1, 0.15) is 11.1 Å². The van der Waals surface area contributed by atoms with E-state index in [1.807, 2.05) is 12.1 Å². The van der Waals surface area contributed by atoms with Gasteiger partial charge in [0.05, 0.1) is 10.0 Å². The minimum absolute atomic E-state index is 0.0539. The van der Waals surface area contributed by atoms with E-state index in [0.717, 1.165) is 28.7 Å². The Labute approximate surface area is 178 Å². The predicted octanol–water partition coefficient (Wildman–Crippen LogP) is 7.31. The molecule has 2 nitrogen and oxygen atoms in total. The van der Waals surface area contributed by atoms with Gasteiger partial charge in [-0.15, -0.1) is 0 Å². The number of phenolic OH excluding ortho intramolecular Hbond substituents is 2. The van der Waals surface area contributed by atoms with E-state index in [9.17, 15) is 10.2 Å². The van der Waals surface area contributed by atoms with Gasteiger partial charge < -0.3 is 10.2 Å². The van der Waals surface area contributed by atoms with Crippen LogP contribution in [-0.4, -0.2) is 10.2 Å². The molecule has 0 saturated heterocycles. The molecule has 0 heterocycles. The minimum Gasteiger partial charge on any atom is -0.506 e. The summed E-state index contributed by atoms with van der Waals surface area (Å²) in [6.45, 7) is 0. The van der Waals surface area contributed by atoms with Crippen LogP contribution in [0.4, 0.5) is 0 Å². The van der Waals surface area contributed by atoms with E-state index in [1.54, 1.807) is 24.3 Å². The van der Waals surface area contributed by atoms with Crippen LogP contribution in [0.25, 0.3) is 33.4 Å². The molecule has 0 bridgehead atoms. The Balaban J connectivity index is 1.81. The highest BCUT2D eigenvalue weighted by Crippen LogP contribution is 2.47.